The van der Waals surface area contributed by atoms with Gasteiger partial charge in [0.2, 0.25) is 0 Å². The predicted molar refractivity (Wildman–Crippen MR) is 72.9 cm³/mol. The van der Waals surface area contributed by atoms with Gasteiger partial charge in [0, 0.05) is 31.3 Å². The molecule has 0 aromatic heterocycles. The van der Waals surface area contributed by atoms with Gasteiger partial charge >= 0.3 is 0 Å². The normalized spacial score (nSPS) is 21.8. The first-order chi connectivity index (χ1) is 8.30. The van der Waals surface area contributed by atoms with Crippen molar-refractivity contribution in [1.29, 1.82) is 0 Å². The van der Waals surface area contributed by atoms with E-state index in [1.807, 2.05) is 7.05 Å². The van der Waals surface area contributed by atoms with Crippen molar-refractivity contribution in [2.45, 2.75) is 39.5 Å². The van der Waals surface area contributed by atoms with Gasteiger partial charge in [0.1, 0.15) is 0 Å². The largest absolute Gasteiger partial charge is 0.319 e. The molecule has 1 rings (SSSR count). The summed E-state index contributed by atoms with van der Waals surface area (Å²) >= 11 is 0. The highest BCUT2D eigenvalue weighted by Crippen LogP contribution is 2.20. The number of hydrogen-bond donors (Lipinski definition) is 2. The van der Waals surface area contributed by atoms with Gasteiger partial charge in [0.05, 0.1) is 0 Å². The molecule has 1 aliphatic heterocycles. The van der Waals surface area contributed by atoms with Crippen LogP contribution in [0.3, 0.4) is 0 Å². The molecular weight excluding hydrogens is 210 g/mol. The fourth-order valence-electron chi connectivity index (χ4n) is 2.20. The Bertz CT molecular complexity index is 298. The molecule has 17 heavy (non-hydrogen) atoms. The van der Waals surface area contributed by atoms with Crippen LogP contribution in [0.4, 0.5) is 0 Å². The lowest BCUT2D eigenvalue weighted by Crippen LogP contribution is -2.43. The summed E-state index contributed by atoms with van der Waals surface area (Å²) in [5, 5.41) is 5.52. The highest BCUT2D eigenvalue weighted by Gasteiger charge is 2.19. The quantitative estimate of drug-likeness (QED) is 0.577. The minimum atomic E-state index is 0.735. The van der Waals surface area contributed by atoms with Crippen molar-refractivity contribution in [2.24, 2.45) is 5.92 Å². The van der Waals surface area contributed by atoms with E-state index in [0.717, 1.165) is 25.3 Å². The zero-order valence-corrected chi connectivity index (χ0v) is 11.3. The summed E-state index contributed by atoms with van der Waals surface area (Å²) in [6.45, 7) is 6.45. The van der Waals surface area contributed by atoms with E-state index < -0.39 is 0 Å². The maximum Gasteiger partial charge on any atom is 0.0190 e. The van der Waals surface area contributed by atoms with E-state index in [1.165, 1.54) is 25.1 Å². The number of allylic oxidation sites excluding steroid dienone is 2. The van der Waals surface area contributed by atoms with Crippen LogP contribution in [0.5, 0.6) is 0 Å². The van der Waals surface area contributed by atoms with Gasteiger partial charge in [-0.1, -0.05) is 18.9 Å². The van der Waals surface area contributed by atoms with E-state index in [2.05, 4.69) is 47.6 Å². The molecule has 1 atom stereocenters. The van der Waals surface area contributed by atoms with Crippen molar-refractivity contribution < 1.29 is 0 Å². The summed E-state index contributed by atoms with van der Waals surface area (Å²) in [6.07, 6.45) is 6.75. The minimum absolute atomic E-state index is 0.735. The van der Waals surface area contributed by atoms with Crippen molar-refractivity contribution in [3.63, 3.8) is 0 Å². The Morgan fingerprint density at radius 3 is 3.00 bits per heavy atom. The molecule has 0 aliphatic carbocycles. The van der Waals surface area contributed by atoms with Gasteiger partial charge in [-0.15, -0.1) is 0 Å². The maximum atomic E-state index is 3.24. The molecule has 1 aliphatic rings. The summed E-state index contributed by atoms with van der Waals surface area (Å²) in [7, 11) is 2.00. The van der Waals surface area contributed by atoms with Crippen molar-refractivity contribution in [2.75, 3.05) is 20.1 Å². The minimum Gasteiger partial charge on any atom is -0.319 e. The second-order valence-corrected chi connectivity index (χ2v) is 4.48. The number of hydrogen-bond acceptors (Lipinski definition) is 3. The molecule has 0 aromatic rings. The van der Waals surface area contributed by atoms with Crippen LogP contribution in [-0.2, 0) is 0 Å². The van der Waals surface area contributed by atoms with Gasteiger partial charge in [-0.25, -0.2) is 5.01 Å². The fraction of sp³-hybridized carbons (Fsp3) is 0.714. The maximum absolute atomic E-state index is 3.24. The lowest BCUT2D eigenvalue weighted by atomic mass is 9.94. The standard InChI is InChI=1S/C14H25N3/c1-4-6-9-16-14(5-2)11-13-8-7-10-17(12-13)15-3/h5,13,15-16H,4,7-8,10-12H2,1-3H3/b14-5-. The molecule has 1 saturated heterocycles. The SMILES string of the molecule is C/C=C(/CC1CCCN(NC)C1)NC#CCC. The number of rotatable bonds is 4. The lowest BCUT2D eigenvalue weighted by molar-refractivity contribution is 0.127. The van der Waals surface area contributed by atoms with Crippen LogP contribution >= 0.6 is 0 Å². The summed E-state index contributed by atoms with van der Waals surface area (Å²) in [5.41, 5.74) is 4.50. The van der Waals surface area contributed by atoms with Crippen LogP contribution in [-0.4, -0.2) is 25.1 Å². The van der Waals surface area contributed by atoms with Crippen LogP contribution in [0.1, 0.15) is 39.5 Å². The Kier molecular flexibility index (Phi) is 6.76. The van der Waals surface area contributed by atoms with Crippen LogP contribution in [0.25, 0.3) is 0 Å². The van der Waals surface area contributed by atoms with E-state index in [9.17, 15) is 0 Å². The van der Waals surface area contributed by atoms with Crippen LogP contribution in [0.2, 0.25) is 0 Å². The molecule has 0 saturated carbocycles. The van der Waals surface area contributed by atoms with E-state index in [1.54, 1.807) is 0 Å². The smallest absolute Gasteiger partial charge is 0.0190 e. The van der Waals surface area contributed by atoms with Gasteiger partial charge in [0.15, 0.2) is 0 Å². The summed E-state index contributed by atoms with van der Waals surface area (Å²) < 4.78 is 0. The van der Waals surface area contributed by atoms with Gasteiger partial charge in [-0.05, 0) is 39.2 Å². The Balaban J connectivity index is 2.40. The zero-order chi connectivity index (χ0) is 12.5. The molecule has 3 heteroatoms. The lowest BCUT2D eigenvalue weighted by Gasteiger charge is -2.32. The molecule has 96 valence electrons. The van der Waals surface area contributed by atoms with E-state index in [0.29, 0.717) is 0 Å². The van der Waals surface area contributed by atoms with Gasteiger partial charge in [-0.3, -0.25) is 5.43 Å². The summed E-state index contributed by atoms with van der Waals surface area (Å²) in [4.78, 5) is 0. The van der Waals surface area contributed by atoms with Crippen molar-refractivity contribution in [1.82, 2.24) is 15.8 Å². The Morgan fingerprint density at radius 2 is 2.35 bits per heavy atom. The van der Waals surface area contributed by atoms with Crippen molar-refractivity contribution in [3.05, 3.63) is 11.8 Å². The third-order valence-electron chi connectivity index (χ3n) is 3.18. The second-order valence-electron chi connectivity index (χ2n) is 4.48. The summed E-state index contributed by atoms with van der Waals surface area (Å²) in [6, 6.07) is 3.00. The highest BCUT2D eigenvalue weighted by molar-refractivity contribution is 5.09. The first-order valence-electron chi connectivity index (χ1n) is 6.61. The number of nitrogens with zero attached hydrogens (tertiary/aromatic N) is 1. The van der Waals surface area contributed by atoms with Gasteiger partial charge in [0.25, 0.3) is 0 Å². The monoisotopic (exact) mass is 235 g/mol. The van der Waals surface area contributed by atoms with Crippen LogP contribution in [0.15, 0.2) is 11.8 Å². The molecular formula is C14H25N3. The summed E-state index contributed by atoms with van der Waals surface area (Å²) in [5.74, 6) is 3.78. The van der Waals surface area contributed by atoms with E-state index >= 15 is 0 Å². The molecule has 0 bridgehead atoms. The molecule has 0 spiro atoms. The first-order valence-corrected chi connectivity index (χ1v) is 6.61. The number of piperidine rings is 1. The van der Waals surface area contributed by atoms with Gasteiger partial charge in [-0.2, -0.15) is 0 Å². The number of nitrogens with one attached hydrogen (secondary N) is 2. The Labute approximate surface area is 106 Å². The molecule has 1 heterocycles. The zero-order valence-electron chi connectivity index (χ0n) is 11.3. The molecule has 1 fully saturated rings. The molecule has 0 radical (unpaired) electrons. The molecule has 0 aromatic carbocycles. The fourth-order valence-corrected chi connectivity index (χ4v) is 2.20. The first kappa shape index (κ1) is 14.1. The molecule has 3 nitrogen and oxygen atoms in total. The van der Waals surface area contributed by atoms with E-state index in [-0.39, 0.29) is 0 Å². The van der Waals surface area contributed by atoms with Crippen LogP contribution in [0, 0.1) is 17.9 Å². The predicted octanol–water partition coefficient (Wildman–Crippen LogP) is 2.09. The van der Waals surface area contributed by atoms with Gasteiger partial charge < -0.3 is 5.32 Å². The van der Waals surface area contributed by atoms with Crippen molar-refractivity contribution in [3.8, 4) is 12.0 Å². The van der Waals surface area contributed by atoms with Crippen molar-refractivity contribution >= 4 is 0 Å². The van der Waals surface area contributed by atoms with Crippen LogP contribution < -0.4 is 10.7 Å². The Hall–Kier alpha value is -0.980. The highest BCUT2D eigenvalue weighted by atomic mass is 15.5. The van der Waals surface area contributed by atoms with E-state index in [4.69, 9.17) is 0 Å². The average molecular weight is 235 g/mol. The molecule has 0 amide bonds. The number of hydrazine groups is 1. The molecule has 1 unspecified atom stereocenters. The topological polar surface area (TPSA) is 27.3 Å². The average Bonchev–Trinajstić information content (AvgIpc) is 2.38. The Morgan fingerprint density at radius 1 is 1.53 bits per heavy atom. The second kappa shape index (κ2) is 8.16. The molecule has 2 N–H and O–H groups in total. The third-order valence-corrected chi connectivity index (χ3v) is 3.18. The third kappa shape index (κ3) is 5.25.